The predicted molar refractivity (Wildman–Crippen MR) is 143 cm³/mol. The number of anilines is 1. The largest absolute Gasteiger partial charge is 0.483 e. The van der Waals surface area contributed by atoms with Gasteiger partial charge in [-0.15, -0.1) is 0 Å². The van der Waals surface area contributed by atoms with E-state index in [1.807, 2.05) is 4.90 Å². The van der Waals surface area contributed by atoms with Crippen LogP contribution in [-0.4, -0.2) is 71.2 Å². The topological polar surface area (TPSA) is 105 Å². The lowest BCUT2D eigenvalue weighted by molar-refractivity contribution is 0.134. The van der Waals surface area contributed by atoms with Crippen molar-refractivity contribution in [2.75, 3.05) is 31.1 Å². The second-order valence-electron chi connectivity index (χ2n) is 12.0. The summed E-state index contributed by atoms with van der Waals surface area (Å²) < 4.78 is 62.1. The van der Waals surface area contributed by atoms with Crippen molar-refractivity contribution in [1.82, 2.24) is 14.1 Å². The molecule has 2 unspecified atom stereocenters. The molecule has 1 aromatic heterocycles. The third-order valence-electron chi connectivity index (χ3n) is 9.01. The Balaban J connectivity index is 1.49. The molecule has 2 saturated carbocycles. The normalized spacial score (nSPS) is 29.7. The minimum atomic E-state index is -3.42. The summed E-state index contributed by atoms with van der Waals surface area (Å²) in [6.07, 6.45) is 3.39. The highest BCUT2D eigenvalue weighted by Gasteiger charge is 2.58. The van der Waals surface area contributed by atoms with E-state index < -0.39 is 32.5 Å². The van der Waals surface area contributed by atoms with Crippen molar-refractivity contribution >= 4 is 15.7 Å². The van der Waals surface area contributed by atoms with Crippen LogP contribution in [0.2, 0.25) is 0 Å². The molecular formula is C27H36F2N4O5S. The number of halogens is 2. The van der Waals surface area contributed by atoms with Gasteiger partial charge in [0.25, 0.3) is 0 Å². The van der Waals surface area contributed by atoms with E-state index in [0.717, 1.165) is 22.9 Å². The molecule has 5 rings (SSSR count). The average molecular weight is 567 g/mol. The average Bonchev–Trinajstić information content (AvgIpc) is 3.20. The molecule has 0 amide bonds. The molecule has 0 spiro atoms. The lowest BCUT2D eigenvalue weighted by atomic mass is 9.71. The second-order valence-corrected chi connectivity index (χ2v) is 14.5. The zero-order chi connectivity index (χ0) is 28.3. The first-order valence-corrected chi connectivity index (χ1v) is 14.9. The van der Waals surface area contributed by atoms with Crippen molar-refractivity contribution in [2.45, 2.75) is 70.8 Å². The Bertz CT molecular complexity index is 1390. The zero-order valence-electron chi connectivity index (χ0n) is 22.7. The van der Waals surface area contributed by atoms with Gasteiger partial charge in [0.05, 0.1) is 23.2 Å². The minimum absolute atomic E-state index is 0.0209. The van der Waals surface area contributed by atoms with Crippen LogP contribution < -0.4 is 15.2 Å². The summed E-state index contributed by atoms with van der Waals surface area (Å²) in [5.74, 6) is -1.65. The van der Waals surface area contributed by atoms with E-state index in [1.165, 1.54) is 10.5 Å². The Kier molecular flexibility index (Phi) is 7.04. The fraction of sp³-hybridized carbons (Fsp3) is 0.630. The maximum Gasteiger partial charge on any atom is 0.316 e. The van der Waals surface area contributed by atoms with E-state index in [4.69, 9.17) is 4.74 Å². The highest BCUT2D eigenvalue weighted by Crippen LogP contribution is 2.63. The summed E-state index contributed by atoms with van der Waals surface area (Å²) >= 11 is 0. The van der Waals surface area contributed by atoms with Crippen LogP contribution in [0.15, 0.2) is 29.2 Å². The van der Waals surface area contributed by atoms with E-state index in [-0.39, 0.29) is 47.6 Å². The molecule has 1 aromatic carbocycles. The number of ether oxygens (including phenoxy) is 1. The van der Waals surface area contributed by atoms with Crippen LogP contribution in [-0.2, 0) is 10.0 Å². The quantitative estimate of drug-likeness (QED) is 0.573. The lowest BCUT2D eigenvalue weighted by Crippen LogP contribution is -2.50. The predicted octanol–water partition coefficient (Wildman–Crippen LogP) is 3.08. The number of aromatic nitrogens is 2. The number of aliphatic hydroxyl groups is 1. The van der Waals surface area contributed by atoms with Crippen LogP contribution in [0, 0.1) is 22.5 Å². The number of rotatable bonds is 6. The first-order valence-electron chi connectivity index (χ1n) is 13.4. The van der Waals surface area contributed by atoms with Gasteiger partial charge in [-0.05, 0) is 62.5 Å². The first kappa shape index (κ1) is 28.0. The number of benzene rings is 1. The SMILES string of the molecule is CC(C)S(=O)(=O)N1CCN(c2cnn(-c3cc(F)cc(F)c3)c(=O)c2OC2C[C@]3(C)CC(O)C[C@]3(C)C2)CC1. The van der Waals surface area contributed by atoms with E-state index >= 15 is 0 Å². The third kappa shape index (κ3) is 4.95. The first-order chi connectivity index (χ1) is 18.2. The maximum atomic E-state index is 14.0. The summed E-state index contributed by atoms with van der Waals surface area (Å²) in [6, 6.07) is 2.78. The van der Waals surface area contributed by atoms with Crippen LogP contribution in [0.4, 0.5) is 14.5 Å². The Morgan fingerprint density at radius 1 is 1.00 bits per heavy atom. The smallest absolute Gasteiger partial charge is 0.316 e. The lowest BCUT2D eigenvalue weighted by Gasteiger charge is -2.36. The standard InChI is InChI=1S/C27H36F2N4O5S/c1-17(2)39(36,37)32-7-5-31(6-8-32)23-16-30-33(20-10-18(28)9-19(29)11-20)25(35)24(23)38-22-14-26(3)12-21(34)13-27(26,4)15-22/h9-11,16-17,21-22,34H,5-8,12-15H2,1-4H3/t21?,22?,26-,27+. The Morgan fingerprint density at radius 2 is 1.56 bits per heavy atom. The molecule has 1 N–H and O–H groups in total. The number of piperazine rings is 1. The fourth-order valence-electron chi connectivity index (χ4n) is 6.68. The number of hydrogen-bond donors (Lipinski definition) is 1. The van der Waals surface area contributed by atoms with Crippen molar-refractivity contribution < 1.29 is 27.0 Å². The molecule has 1 aliphatic heterocycles. The van der Waals surface area contributed by atoms with Gasteiger partial charge in [-0.25, -0.2) is 17.2 Å². The summed E-state index contributed by atoms with van der Waals surface area (Å²) in [6.45, 7) is 8.71. The van der Waals surface area contributed by atoms with Crippen molar-refractivity contribution in [3.8, 4) is 11.4 Å². The summed E-state index contributed by atoms with van der Waals surface area (Å²) in [5, 5.41) is 14.0. The van der Waals surface area contributed by atoms with Gasteiger partial charge in [-0.2, -0.15) is 14.1 Å². The number of aliphatic hydroxyl groups excluding tert-OH is 1. The molecule has 12 heteroatoms. The third-order valence-corrected chi connectivity index (χ3v) is 11.3. The molecule has 4 atom stereocenters. The highest BCUT2D eigenvalue weighted by atomic mass is 32.2. The molecule has 2 heterocycles. The molecule has 9 nitrogen and oxygen atoms in total. The molecule has 0 bridgehead atoms. The molecule has 214 valence electrons. The summed E-state index contributed by atoms with van der Waals surface area (Å²) in [5.41, 5.74) is -0.589. The molecule has 2 aliphatic carbocycles. The van der Waals surface area contributed by atoms with Gasteiger partial charge in [-0.3, -0.25) is 4.79 Å². The molecule has 39 heavy (non-hydrogen) atoms. The van der Waals surface area contributed by atoms with Gasteiger partial charge in [0, 0.05) is 32.2 Å². The van der Waals surface area contributed by atoms with Crippen molar-refractivity contribution in [3.63, 3.8) is 0 Å². The van der Waals surface area contributed by atoms with Gasteiger partial charge in [0.15, 0.2) is 0 Å². The van der Waals surface area contributed by atoms with Crippen molar-refractivity contribution in [3.05, 3.63) is 46.4 Å². The minimum Gasteiger partial charge on any atom is -0.483 e. The van der Waals surface area contributed by atoms with Crippen LogP contribution in [0.1, 0.15) is 53.4 Å². The van der Waals surface area contributed by atoms with Crippen LogP contribution in [0.25, 0.3) is 5.69 Å². The van der Waals surface area contributed by atoms with E-state index in [0.29, 0.717) is 44.5 Å². The number of nitrogens with zero attached hydrogens (tertiary/aromatic N) is 4. The fourth-order valence-corrected chi connectivity index (χ4v) is 7.95. The molecule has 0 radical (unpaired) electrons. The van der Waals surface area contributed by atoms with Gasteiger partial charge in [-0.1, -0.05) is 13.8 Å². The van der Waals surface area contributed by atoms with Gasteiger partial charge < -0.3 is 14.7 Å². The van der Waals surface area contributed by atoms with Gasteiger partial charge in [0.2, 0.25) is 15.8 Å². The molecule has 3 aliphatic rings. The van der Waals surface area contributed by atoms with Crippen molar-refractivity contribution in [2.24, 2.45) is 10.8 Å². The summed E-state index contributed by atoms with van der Waals surface area (Å²) in [7, 11) is -3.42. The molecule has 2 aromatic rings. The molecule has 3 fully saturated rings. The van der Waals surface area contributed by atoms with E-state index in [2.05, 4.69) is 18.9 Å². The number of hydrogen-bond acceptors (Lipinski definition) is 7. The van der Waals surface area contributed by atoms with Crippen molar-refractivity contribution in [1.29, 1.82) is 0 Å². The Hall–Kier alpha value is -2.57. The Morgan fingerprint density at radius 3 is 2.10 bits per heavy atom. The Labute approximate surface area is 227 Å². The number of sulfonamides is 1. The highest BCUT2D eigenvalue weighted by molar-refractivity contribution is 7.89. The van der Waals surface area contributed by atoms with Gasteiger partial charge in [0.1, 0.15) is 23.4 Å². The van der Waals surface area contributed by atoms with E-state index in [9.17, 15) is 27.1 Å². The maximum absolute atomic E-state index is 14.0. The monoisotopic (exact) mass is 566 g/mol. The van der Waals surface area contributed by atoms with Crippen LogP contribution >= 0.6 is 0 Å². The molecule has 1 saturated heterocycles. The van der Waals surface area contributed by atoms with E-state index in [1.54, 1.807) is 13.8 Å². The number of fused-ring (bicyclic) bond motifs is 1. The summed E-state index contributed by atoms with van der Waals surface area (Å²) in [4.78, 5) is 15.6. The van der Waals surface area contributed by atoms with Crippen LogP contribution in [0.5, 0.6) is 5.75 Å². The van der Waals surface area contributed by atoms with Crippen LogP contribution in [0.3, 0.4) is 0 Å². The molecular weight excluding hydrogens is 530 g/mol. The van der Waals surface area contributed by atoms with Gasteiger partial charge >= 0.3 is 5.56 Å². The second kappa shape index (κ2) is 9.81. The zero-order valence-corrected chi connectivity index (χ0v) is 23.5.